The molecule has 5 aromatic rings. The second-order valence-electron chi connectivity index (χ2n) is 8.42. The van der Waals surface area contributed by atoms with Gasteiger partial charge in [-0.15, -0.1) is 11.3 Å². The minimum atomic E-state index is -0.474. The highest BCUT2D eigenvalue weighted by Crippen LogP contribution is 2.37. The minimum Gasteiger partial charge on any atom is -0.494 e. The molecule has 7 heteroatoms. The summed E-state index contributed by atoms with van der Waals surface area (Å²) in [6.07, 6.45) is 0. The molecular formula is C31H26N2O4S. The Morgan fingerprint density at radius 3 is 2.34 bits per heavy atom. The summed E-state index contributed by atoms with van der Waals surface area (Å²) in [5.41, 5.74) is 4.64. The number of hydrogen-bond acceptors (Lipinski definition) is 6. The summed E-state index contributed by atoms with van der Waals surface area (Å²) in [4.78, 5) is 31.5. The van der Waals surface area contributed by atoms with Gasteiger partial charge >= 0.3 is 5.97 Å². The molecule has 0 atom stereocenters. The molecule has 38 heavy (non-hydrogen) atoms. The van der Waals surface area contributed by atoms with E-state index in [0.29, 0.717) is 33.9 Å². The predicted octanol–water partition coefficient (Wildman–Crippen LogP) is 7.46. The van der Waals surface area contributed by atoms with Gasteiger partial charge in [-0.1, -0.05) is 48.5 Å². The van der Waals surface area contributed by atoms with E-state index < -0.39 is 5.97 Å². The van der Waals surface area contributed by atoms with Gasteiger partial charge < -0.3 is 14.8 Å². The van der Waals surface area contributed by atoms with Crippen LogP contribution < -0.4 is 10.1 Å². The number of carbonyl (C=O) groups is 2. The van der Waals surface area contributed by atoms with Crippen molar-refractivity contribution in [2.45, 2.75) is 13.8 Å². The average Bonchev–Trinajstić information content (AvgIpc) is 3.37. The van der Waals surface area contributed by atoms with Gasteiger partial charge in [0.05, 0.1) is 30.0 Å². The first-order chi connectivity index (χ1) is 18.6. The lowest BCUT2D eigenvalue weighted by atomic mass is 10.0. The number of anilines is 1. The predicted molar refractivity (Wildman–Crippen MR) is 152 cm³/mol. The van der Waals surface area contributed by atoms with Crippen LogP contribution >= 0.6 is 11.3 Å². The van der Waals surface area contributed by atoms with E-state index in [0.717, 1.165) is 27.8 Å². The van der Waals surface area contributed by atoms with Gasteiger partial charge in [-0.2, -0.15) is 0 Å². The van der Waals surface area contributed by atoms with Crippen LogP contribution in [0.2, 0.25) is 0 Å². The summed E-state index contributed by atoms with van der Waals surface area (Å²) in [6.45, 7) is 4.51. The van der Waals surface area contributed by atoms with Gasteiger partial charge in [-0.05, 0) is 55.8 Å². The molecule has 2 heterocycles. The zero-order valence-electron chi connectivity index (χ0n) is 21.1. The van der Waals surface area contributed by atoms with Crippen molar-refractivity contribution < 1.29 is 19.1 Å². The van der Waals surface area contributed by atoms with Crippen LogP contribution in [-0.2, 0) is 4.74 Å². The smallest absolute Gasteiger partial charge is 0.341 e. The number of carbonyl (C=O) groups excluding carboxylic acids is 2. The van der Waals surface area contributed by atoms with Crippen LogP contribution in [0, 0.1) is 0 Å². The molecular weight excluding hydrogens is 496 g/mol. The van der Waals surface area contributed by atoms with E-state index in [1.54, 1.807) is 13.0 Å². The van der Waals surface area contributed by atoms with Gasteiger partial charge in [0.2, 0.25) is 0 Å². The number of benzene rings is 3. The molecule has 0 radical (unpaired) electrons. The van der Waals surface area contributed by atoms with Gasteiger partial charge in [0.25, 0.3) is 5.91 Å². The number of esters is 1. The number of nitrogens with zero attached hydrogens (tertiary/aromatic N) is 1. The highest BCUT2D eigenvalue weighted by atomic mass is 32.1. The Balaban J connectivity index is 1.55. The Hall–Kier alpha value is -4.49. The third kappa shape index (κ3) is 5.14. The van der Waals surface area contributed by atoms with Crippen molar-refractivity contribution in [2.24, 2.45) is 0 Å². The van der Waals surface area contributed by atoms with E-state index in [4.69, 9.17) is 14.5 Å². The molecule has 0 saturated carbocycles. The number of fused-ring (bicyclic) bond motifs is 1. The molecule has 3 aromatic carbocycles. The molecule has 5 rings (SSSR count). The van der Waals surface area contributed by atoms with Gasteiger partial charge in [0.1, 0.15) is 16.3 Å². The van der Waals surface area contributed by atoms with Crippen LogP contribution in [-0.4, -0.2) is 30.1 Å². The van der Waals surface area contributed by atoms with Crippen LogP contribution in [0.15, 0.2) is 90.3 Å². The third-order valence-corrected chi connectivity index (χ3v) is 6.90. The lowest BCUT2D eigenvalue weighted by Crippen LogP contribution is -2.15. The maximum absolute atomic E-state index is 13.7. The maximum Gasteiger partial charge on any atom is 0.341 e. The van der Waals surface area contributed by atoms with E-state index in [2.05, 4.69) is 5.32 Å². The monoisotopic (exact) mass is 522 g/mol. The number of nitrogens with one attached hydrogen (secondary N) is 1. The zero-order chi connectivity index (χ0) is 26.5. The Bertz CT molecular complexity index is 1590. The number of rotatable bonds is 8. The number of hydrogen-bond donors (Lipinski definition) is 1. The fourth-order valence-corrected chi connectivity index (χ4v) is 5.21. The molecule has 0 bridgehead atoms. The molecule has 0 spiro atoms. The van der Waals surface area contributed by atoms with Crippen molar-refractivity contribution >= 4 is 39.1 Å². The number of pyridine rings is 1. The van der Waals surface area contributed by atoms with Gasteiger partial charge in [-0.25, -0.2) is 9.78 Å². The molecule has 0 aliphatic heterocycles. The lowest BCUT2D eigenvalue weighted by molar-refractivity contribution is 0.0529. The largest absolute Gasteiger partial charge is 0.494 e. The molecule has 0 aliphatic rings. The molecule has 1 N–H and O–H groups in total. The first kappa shape index (κ1) is 25.2. The number of ether oxygens (including phenoxy) is 2. The van der Waals surface area contributed by atoms with Crippen molar-refractivity contribution in [2.75, 3.05) is 18.5 Å². The van der Waals surface area contributed by atoms with Crippen molar-refractivity contribution in [3.8, 4) is 28.1 Å². The summed E-state index contributed by atoms with van der Waals surface area (Å²) in [6, 6.07) is 26.5. The van der Waals surface area contributed by atoms with Crippen molar-refractivity contribution in [1.29, 1.82) is 0 Å². The average molecular weight is 523 g/mol. The fourth-order valence-electron chi connectivity index (χ4n) is 4.26. The highest BCUT2D eigenvalue weighted by molar-refractivity contribution is 7.15. The van der Waals surface area contributed by atoms with Gasteiger partial charge in [0, 0.05) is 21.9 Å². The molecule has 1 amide bonds. The quantitative estimate of drug-likeness (QED) is 0.214. The van der Waals surface area contributed by atoms with Crippen LogP contribution in [0.3, 0.4) is 0 Å². The van der Waals surface area contributed by atoms with Crippen molar-refractivity contribution in [3.05, 3.63) is 101 Å². The van der Waals surface area contributed by atoms with Crippen LogP contribution in [0.1, 0.15) is 34.6 Å². The Labute approximate surface area is 224 Å². The third-order valence-electron chi connectivity index (χ3n) is 6.00. The number of thiophene rings is 1. The van der Waals surface area contributed by atoms with Crippen molar-refractivity contribution in [3.63, 3.8) is 0 Å². The van der Waals surface area contributed by atoms with Crippen LogP contribution in [0.25, 0.3) is 33.3 Å². The number of aromatic nitrogens is 1. The molecule has 0 aliphatic carbocycles. The second kappa shape index (κ2) is 11.3. The SMILES string of the molecule is CCOC(=O)c1c(-c2ccccc2)csc1NC(=O)c1cc(-c2ccc(OCC)cc2)nc2ccccc12. The summed E-state index contributed by atoms with van der Waals surface area (Å²) < 4.78 is 10.9. The lowest BCUT2D eigenvalue weighted by Gasteiger charge is -2.12. The first-order valence-corrected chi connectivity index (χ1v) is 13.3. The topological polar surface area (TPSA) is 77.5 Å². The Morgan fingerprint density at radius 1 is 0.868 bits per heavy atom. The van der Waals surface area contributed by atoms with Gasteiger partial charge in [0.15, 0.2) is 0 Å². The van der Waals surface area contributed by atoms with E-state index in [-0.39, 0.29) is 12.5 Å². The van der Waals surface area contributed by atoms with Gasteiger partial charge in [-0.3, -0.25) is 4.79 Å². The van der Waals surface area contributed by atoms with E-state index in [9.17, 15) is 9.59 Å². The number of para-hydroxylation sites is 1. The summed E-state index contributed by atoms with van der Waals surface area (Å²) in [7, 11) is 0. The highest BCUT2D eigenvalue weighted by Gasteiger charge is 2.24. The number of amides is 1. The van der Waals surface area contributed by atoms with Crippen LogP contribution in [0.4, 0.5) is 5.00 Å². The zero-order valence-corrected chi connectivity index (χ0v) is 21.9. The van der Waals surface area contributed by atoms with E-state index in [1.807, 2.05) is 91.2 Å². The van der Waals surface area contributed by atoms with Crippen LogP contribution in [0.5, 0.6) is 5.75 Å². The van der Waals surface area contributed by atoms with E-state index in [1.165, 1.54) is 11.3 Å². The maximum atomic E-state index is 13.7. The summed E-state index contributed by atoms with van der Waals surface area (Å²) in [5, 5.41) is 6.01. The summed E-state index contributed by atoms with van der Waals surface area (Å²) in [5.74, 6) is -0.0335. The Kier molecular flexibility index (Phi) is 7.47. The Morgan fingerprint density at radius 2 is 1.61 bits per heavy atom. The molecule has 2 aromatic heterocycles. The minimum absolute atomic E-state index is 0.233. The normalized spacial score (nSPS) is 10.8. The standard InChI is InChI=1S/C31H26N2O4S/c1-3-36-22-16-14-21(15-17-22)27-18-24(23-12-8-9-13-26(23)32-27)29(34)33-30-28(31(35)37-4-2)25(19-38-30)20-10-6-5-7-11-20/h5-19H,3-4H2,1-2H3,(H,33,34). The molecule has 0 unspecified atom stereocenters. The molecule has 6 nitrogen and oxygen atoms in total. The fraction of sp³-hybridized carbons (Fsp3) is 0.129. The van der Waals surface area contributed by atoms with E-state index >= 15 is 0 Å². The molecule has 0 fully saturated rings. The van der Waals surface area contributed by atoms with Crippen molar-refractivity contribution in [1.82, 2.24) is 4.98 Å². The molecule has 190 valence electrons. The first-order valence-electron chi connectivity index (χ1n) is 12.4. The molecule has 0 saturated heterocycles. The second-order valence-corrected chi connectivity index (χ2v) is 9.30. The summed E-state index contributed by atoms with van der Waals surface area (Å²) >= 11 is 1.30.